The second-order valence-electron chi connectivity index (χ2n) is 7.84. The number of carbonyl (C=O) groups is 1. The first-order chi connectivity index (χ1) is 14.2. The van der Waals surface area contributed by atoms with Gasteiger partial charge < -0.3 is 0 Å². The predicted octanol–water partition coefficient (Wildman–Crippen LogP) is 5.82. The first kappa shape index (κ1) is 22.3. The highest BCUT2D eigenvalue weighted by Crippen LogP contribution is 2.38. The molecule has 6 nitrogen and oxygen atoms in total. The van der Waals surface area contributed by atoms with Crippen LogP contribution >= 0.6 is 10.8 Å². The second kappa shape index (κ2) is 9.20. The number of nitrogens with one attached hydrogen (secondary N) is 1. The summed E-state index contributed by atoms with van der Waals surface area (Å²) in [5, 5.41) is 6.44. The topological polar surface area (TPSA) is 85.2 Å². The van der Waals surface area contributed by atoms with Crippen molar-refractivity contribution in [3.63, 3.8) is 0 Å². The first-order valence-corrected chi connectivity index (χ1v) is 12.3. The van der Waals surface area contributed by atoms with E-state index in [1.807, 2.05) is 44.2 Å². The van der Waals surface area contributed by atoms with Crippen molar-refractivity contribution in [1.29, 1.82) is 0 Å². The van der Waals surface area contributed by atoms with Gasteiger partial charge >= 0.3 is 0 Å². The van der Waals surface area contributed by atoms with Gasteiger partial charge in [-0.1, -0.05) is 50.2 Å². The van der Waals surface area contributed by atoms with Gasteiger partial charge in [-0.25, -0.2) is 5.01 Å². The van der Waals surface area contributed by atoms with Crippen LogP contribution in [-0.2, 0) is 4.79 Å². The Morgan fingerprint density at radius 3 is 2.53 bits per heavy atom. The lowest BCUT2D eigenvalue weighted by Gasteiger charge is -2.28. The number of aryl methyl sites for hydroxylation is 1. The molecule has 30 heavy (non-hydrogen) atoms. The Kier molecular flexibility index (Phi) is 6.85. The molecule has 0 unspecified atom stereocenters. The molecule has 2 aromatic rings. The van der Waals surface area contributed by atoms with E-state index in [4.69, 9.17) is 5.10 Å². The van der Waals surface area contributed by atoms with E-state index in [2.05, 4.69) is 23.8 Å². The molecule has 0 aliphatic carbocycles. The van der Waals surface area contributed by atoms with Crippen LogP contribution in [-0.4, -0.2) is 32.0 Å². The zero-order valence-electron chi connectivity index (χ0n) is 18.0. The van der Waals surface area contributed by atoms with Crippen molar-refractivity contribution < 1.29 is 13.9 Å². The molecule has 1 aliphatic rings. The molecule has 0 radical (unpaired) electrons. The number of amides is 1. The molecule has 0 saturated heterocycles. The molecule has 7 heteroatoms. The quantitative estimate of drug-likeness (QED) is 0.518. The maximum Gasteiger partial charge on any atom is 0.246 e. The molecule has 0 fully saturated rings. The van der Waals surface area contributed by atoms with Crippen LogP contribution in [0.5, 0.6) is 0 Å². The molecule has 3 N–H and O–H groups in total. The van der Waals surface area contributed by atoms with E-state index < -0.39 is 10.8 Å². The second-order valence-corrected chi connectivity index (χ2v) is 9.71. The van der Waals surface area contributed by atoms with Crippen molar-refractivity contribution in [3.8, 4) is 0 Å². The monoisotopic (exact) mass is 429 g/mol. The zero-order valence-corrected chi connectivity index (χ0v) is 18.8. The lowest BCUT2D eigenvalue weighted by Crippen LogP contribution is -2.32. The molecule has 0 aromatic heterocycles. The van der Waals surface area contributed by atoms with Crippen molar-refractivity contribution in [1.82, 2.24) is 5.01 Å². The van der Waals surface area contributed by atoms with E-state index in [1.165, 1.54) is 6.26 Å². The van der Waals surface area contributed by atoms with Gasteiger partial charge in [-0.2, -0.15) is 5.10 Å². The summed E-state index contributed by atoms with van der Waals surface area (Å²) in [6.45, 7) is 6.13. The van der Waals surface area contributed by atoms with E-state index in [9.17, 15) is 13.9 Å². The Balaban J connectivity index is 1.98. The third-order valence-corrected chi connectivity index (χ3v) is 6.15. The van der Waals surface area contributed by atoms with Gasteiger partial charge in [0.15, 0.2) is 0 Å². The van der Waals surface area contributed by atoms with Crippen molar-refractivity contribution in [3.05, 3.63) is 65.2 Å². The van der Waals surface area contributed by atoms with Gasteiger partial charge in [0.25, 0.3) is 0 Å². The van der Waals surface area contributed by atoms with E-state index in [1.54, 1.807) is 11.1 Å². The van der Waals surface area contributed by atoms with Crippen LogP contribution in [0.1, 0.15) is 55.8 Å². The Morgan fingerprint density at radius 1 is 1.20 bits per heavy atom. The summed E-state index contributed by atoms with van der Waals surface area (Å²) in [5.41, 5.74) is 4.53. The fourth-order valence-corrected chi connectivity index (χ4v) is 4.47. The molecule has 3 rings (SSSR count). The third-order valence-electron chi connectivity index (χ3n) is 5.53. The number of benzene rings is 2. The SMILES string of the molecule is CCC(CC)C(=O)N1N=C(c2cccc(NS(C)(O)O)c2)C[C@@H]1c1ccccc1C. The van der Waals surface area contributed by atoms with Gasteiger partial charge in [0.2, 0.25) is 5.91 Å². The van der Waals surface area contributed by atoms with Gasteiger partial charge in [0.1, 0.15) is 0 Å². The molecule has 1 heterocycles. The lowest BCUT2D eigenvalue weighted by atomic mass is 9.94. The smallest absolute Gasteiger partial charge is 0.246 e. The standard InChI is InChI=1S/C23H31N3O3S/c1-5-17(6-2)23(27)26-22(20-13-8-7-10-16(20)3)15-21(24-26)18-11-9-12-19(14-18)25-30(4,28)29/h7-14,17,22,25,28-29H,5-6,15H2,1-4H3/t22-/m1/s1. The van der Waals surface area contributed by atoms with Crippen LogP contribution in [0.3, 0.4) is 0 Å². The van der Waals surface area contributed by atoms with Gasteiger partial charge in [0.05, 0.1) is 17.4 Å². The van der Waals surface area contributed by atoms with Crippen molar-refractivity contribution in [2.75, 3.05) is 11.0 Å². The maximum atomic E-state index is 13.3. The first-order valence-electron chi connectivity index (χ1n) is 10.3. The van der Waals surface area contributed by atoms with Crippen LogP contribution in [0.15, 0.2) is 53.6 Å². The summed E-state index contributed by atoms with van der Waals surface area (Å²) in [4.78, 5) is 13.3. The number of hydrogen-bond donors (Lipinski definition) is 3. The van der Waals surface area contributed by atoms with E-state index >= 15 is 0 Å². The number of anilines is 1. The molecule has 162 valence electrons. The Hall–Kier alpha value is -2.35. The van der Waals surface area contributed by atoms with Crippen LogP contribution < -0.4 is 4.72 Å². The minimum atomic E-state index is -2.87. The predicted molar refractivity (Wildman–Crippen MR) is 125 cm³/mol. The van der Waals surface area contributed by atoms with Crippen LogP contribution in [0.4, 0.5) is 5.69 Å². The summed E-state index contributed by atoms with van der Waals surface area (Å²) in [6.07, 6.45) is 3.52. The maximum absolute atomic E-state index is 13.3. The summed E-state index contributed by atoms with van der Waals surface area (Å²) >= 11 is 0. The molecule has 2 aromatic carbocycles. The van der Waals surface area contributed by atoms with E-state index in [-0.39, 0.29) is 17.9 Å². The summed E-state index contributed by atoms with van der Waals surface area (Å²) in [5.74, 6) is 0.000901. The molecular formula is C23H31N3O3S. The van der Waals surface area contributed by atoms with Crippen LogP contribution in [0.2, 0.25) is 0 Å². The highest BCUT2D eigenvalue weighted by Gasteiger charge is 2.36. The fraction of sp³-hybridized carbons (Fsp3) is 0.391. The lowest BCUT2D eigenvalue weighted by molar-refractivity contribution is -0.137. The van der Waals surface area contributed by atoms with Gasteiger partial charge in [0, 0.05) is 18.6 Å². The highest BCUT2D eigenvalue weighted by atomic mass is 32.3. The minimum absolute atomic E-state index is 0.0549. The minimum Gasteiger partial charge on any atom is -0.285 e. The van der Waals surface area contributed by atoms with Crippen LogP contribution in [0.25, 0.3) is 0 Å². The fourth-order valence-electron chi connectivity index (χ4n) is 3.90. The normalized spacial score (nSPS) is 17.2. The van der Waals surface area contributed by atoms with E-state index in [0.29, 0.717) is 12.1 Å². The third kappa shape index (κ3) is 5.03. The summed E-state index contributed by atoms with van der Waals surface area (Å²) in [7, 11) is -2.87. The summed E-state index contributed by atoms with van der Waals surface area (Å²) in [6, 6.07) is 15.4. The van der Waals surface area contributed by atoms with Crippen LogP contribution in [0, 0.1) is 12.8 Å². The average molecular weight is 430 g/mol. The van der Waals surface area contributed by atoms with E-state index in [0.717, 1.165) is 35.2 Å². The van der Waals surface area contributed by atoms with Crippen molar-refractivity contribution in [2.24, 2.45) is 11.0 Å². The molecular weight excluding hydrogens is 398 g/mol. The highest BCUT2D eigenvalue weighted by molar-refractivity contribution is 8.24. The Labute approximate surface area is 180 Å². The Morgan fingerprint density at radius 2 is 1.90 bits per heavy atom. The molecule has 0 spiro atoms. The molecule has 1 aliphatic heterocycles. The number of carbonyl (C=O) groups excluding carboxylic acids is 1. The molecule has 1 amide bonds. The molecule has 0 saturated carbocycles. The Bertz CT molecular complexity index is 935. The largest absolute Gasteiger partial charge is 0.285 e. The number of hydrogen-bond acceptors (Lipinski definition) is 5. The molecule has 1 atom stereocenters. The molecule has 0 bridgehead atoms. The zero-order chi connectivity index (χ0) is 21.9. The number of rotatable bonds is 7. The number of hydrazone groups is 1. The van der Waals surface area contributed by atoms with Crippen molar-refractivity contribution >= 4 is 28.1 Å². The average Bonchev–Trinajstić information content (AvgIpc) is 3.13. The van der Waals surface area contributed by atoms with Gasteiger partial charge in [-0.05, 0) is 48.6 Å². The van der Waals surface area contributed by atoms with Gasteiger partial charge in [-0.15, -0.1) is 10.8 Å². The number of nitrogens with zero attached hydrogens (tertiary/aromatic N) is 2. The van der Waals surface area contributed by atoms with Gasteiger partial charge in [-0.3, -0.25) is 18.6 Å². The summed E-state index contributed by atoms with van der Waals surface area (Å²) < 4.78 is 22.2. The van der Waals surface area contributed by atoms with Crippen molar-refractivity contribution in [2.45, 2.75) is 46.1 Å².